The lowest BCUT2D eigenvalue weighted by atomic mass is 10.2. The molecule has 76 valence electrons. The van der Waals surface area contributed by atoms with Gasteiger partial charge in [-0.15, -0.1) is 0 Å². The molecular formula is C9H10FNO3. The van der Waals surface area contributed by atoms with Crippen molar-refractivity contribution in [3.05, 3.63) is 35.6 Å². The first-order chi connectivity index (χ1) is 6.56. The van der Waals surface area contributed by atoms with Crippen LogP contribution < -0.4 is 0 Å². The fourth-order valence-electron chi connectivity index (χ4n) is 0.616. The summed E-state index contributed by atoms with van der Waals surface area (Å²) in [7, 11) is 0. The van der Waals surface area contributed by atoms with Crippen molar-refractivity contribution in [3.63, 3.8) is 0 Å². The number of halogens is 1. The van der Waals surface area contributed by atoms with Gasteiger partial charge in [-0.2, -0.15) is 0 Å². The van der Waals surface area contributed by atoms with E-state index in [4.69, 9.17) is 15.1 Å². The van der Waals surface area contributed by atoms with E-state index >= 15 is 0 Å². The second-order valence-corrected chi connectivity index (χ2v) is 2.32. The molecule has 0 heterocycles. The van der Waals surface area contributed by atoms with Gasteiger partial charge >= 0.3 is 0 Å². The van der Waals surface area contributed by atoms with Crippen molar-refractivity contribution >= 4 is 12.2 Å². The number of carbonyl (C=O) groups is 1. The number of hydrogen-bond donors (Lipinski definition) is 2. The molecule has 0 amide bonds. The standard InChI is InChI=1S/C7H6FNO.C2H4O2/c8-7-3-1-6(2-4-7)5-9-10;1-2(3)4/h1-5,10H;1H3,(H,3,4). The van der Waals surface area contributed by atoms with Gasteiger partial charge in [0.1, 0.15) is 5.82 Å². The summed E-state index contributed by atoms with van der Waals surface area (Å²) in [6.45, 7) is 1.08. The largest absolute Gasteiger partial charge is 0.481 e. The smallest absolute Gasteiger partial charge is 0.300 e. The lowest BCUT2D eigenvalue weighted by molar-refractivity contribution is -0.134. The zero-order chi connectivity index (χ0) is 11.0. The van der Waals surface area contributed by atoms with Crippen molar-refractivity contribution in [2.24, 2.45) is 5.16 Å². The quantitative estimate of drug-likeness (QED) is 0.411. The first-order valence-electron chi connectivity index (χ1n) is 3.68. The molecule has 0 saturated carbocycles. The van der Waals surface area contributed by atoms with Crippen LogP contribution in [0.1, 0.15) is 12.5 Å². The molecule has 5 heteroatoms. The zero-order valence-corrected chi connectivity index (χ0v) is 7.51. The van der Waals surface area contributed by atoms with Gasteiger partial charge in [-0.3, -0.25) is 4.79 Å². The topological polar surface area (TPSA) is 69.9 Å². The van der Waals surface area contributed by atoms with E-state index in [1.807, 2.05) is 0 Å². The van der Waals surface area contributed by atoms with Gasteiger partial charge in [0.15, 0.2) is 0 Å². The monoisotopic (exact) mass is 199 g/mol. The Labute approximate surface area is 80.3 Å². The molecule has 1 rings (SSSR count). The molecule has 1 aromatic carbocycles. The molecule has 0 aliphatic rings. The normalized spacial score (nSPS) is 9.29. The molecule has 0 aromatic heterocycles. The number of rotatable bonds is 1. The third-order valence-electron chi connectivity index (χ3n) is 1.08. The van der Waals surface area contributed by atoms with Gasteiger partial charge in [-0.05, 0) is 17.7 Å². The van der Waals surface area contributed by atoms with Crippen LogP contribution in [0.4, 0.5) is 4.39 Å². The maximum Gasteiger partial charge on any atom is 0.300 e. The van der Waals surface area contributed by atoms with Crippen molar-refractivity contribution in [2.45, 2.75) is 6.92 Å². The summed E-state index contributed by atoms with van der Waals surface area (Å²) >= 11 is 0. The number of hydrogen-bond acceptors (Lipinski definition) is 3. The van der Waals surface area contributed by atoms with E-state index in [0.717, 1.165) is 6.92 Å². The molecule has 14 heavy (non-hydrogen) atoms. The lowest BCUT2D eigenvalue weighted by Crippen LogP contribution is -1.80. The van der Waals surface area contributed by atoms with Crippen LogP contribution in [0, 0.1) is 5.82 Å². The minimum absolute atomic E-state index is 0.296. The Morgan fingerprint density at radius 1 is 1.43 bits per heavy atom. The Morgan fingerprint density at radius 2 is 1.86 bits per heavy atom. The van der Waals surface area contributed by atoms with E-state index in [0.29, 0.717) is 5.56 Å². The Kier molecular flexibility index (Phi) is 5.69. The predicted molar refractivity (Wildman–Crippen MR) is 49.1 cm³/mol. The van der Waals surface area contributed by atoms with Crippen LogP contribution in [0.15, 0.2) is 29.4 Å². The summed E-state index contributed by atoms with van der Waals surface area (Å²) in [5, 5.41) is 18.3. The summed E-state index contributed by atoms with van der Waals surface area (Å²) < 4.78 is 12.2. The van der Waals surface area contributed by atoms with E-state index < -0.39 is 5.97 Å². The van der Waals surface area contributed by atoms with Gasteiger partial charge in [-0.25, -0.2) is 4.39 Å². The Morgan fingerprint density at radius 3 is 2.21 bits per heavy atom. The van der Waals surface area contributed by atoms with Crippen LogP contribution in [-0.2, 0) is 4.79 Å². The van der Waals surface area contributed by atoms with Gasteiger partial charge in [0.2, 0.25) is 0 Å². The molecule has 0 unspecified atom stereocenters. The third kappa shape index (κ3) is 6.78. The highest BCUT2D eigenvalue weighted by Gasteiger charge is 1.87. The van der Waals surface area contributed by atoms with E-state index in [2.05, 4.69) is 5.16 Å². The van der Waals surface area contributed by atoms with E-state index in [-0.39, 0.29) is 5.82 Å². The van der Waals surface area contributed by atoms with Crippen molar-refractivity contribution in [1.29, 1.82) is 0 Å². The molecule has 0 aliphatic heterocycles. The Balaban J connectivity index is 0.000000364. The molecular weight excluding hydrogens is 189 g/mol. The summed E-state index contributed by atoms with van der Waals surface area (Å²) in [6.07, 6.45) is 1.24. The molecule has 0 fully saturated rings. The summed E-state index contributed by atoms with van der Waals surface area (Å²) in [6, 6.07) is 5.65. The number of carboxylic acid groups (broad SMARTS) is 1. The van der Waals surface area contributed by atoms with Crippen LogP contribution in [0.3, 0.4) is 0 Å². The third-order valence-corrected chi connectivity index (χ3v) is 1.08. The predicted octanol–water partition coefficient (Wildman–Crippen LogP) is 1.72. The Hall–Kier alpha value is -1.91. The number of aliphatic carboxylic acids is 1. The van der Waals surface area contributed by atoms with Crippen LogP contribution in [-0.4, -0.2) is 22.5 Å². The highest BCUT2D eigenvalue weighted by molar-refractivity contribution is 5.78. The fraction of sp³-hybridized carbons (Fsp3) is 0.111. The van der Waals surface area contributed by atoms with E-state index in [9.17, 15) is 4.39 Å². The first kappa shape index (κ1) is 12.1. The Bertz CT molecular complexity index is 304. The minimum Gasteiger partial charge on any atom is -0.481 e. The molecule has 4 nitrogen and oxygen atoms in total. The minimum atomic E-state index is -0.833. The molecule has 0 spiro atoms. The van der Waals surface area contributed by atoms with Crippen LogP contribution in [0.5, 0.6) is 0 Å². The van der Waals surface area contributed by atoms with Gasteiger partial charge in [0.05, 0.1) is 6.21 Å². The van der Waals surface area contributed by atoms with Crippen LogP contribution in [0.25, 0.3) is 0 Å². The van der Waals surface area contributed by atoms with Gasteiger partial charge in [-0.1, -0.05) is 17.3 Å². The molecule has 0 radical (unpaired) electrons. The average molecular weight is 199 g/mol. The molecule has 1 aromatic rings. The fourth-order valence-corrected chi connectivity index (χ4v) is 0.616. The second kappa shape index (κ2) is 6.59. The molecule has 0 atom stereocenters. The number of benzene rings is 1. The number of nitrogens with zero attached hydrogens (tertiary/aromatic N) is 1. The van der Waals surface area contributed by atoms with Crippen LogP contribution >= 0.6 is 0 Å². The van der Waals surface area contributed by atoms with Crippen molar-refractivity contribution < 1.29 is 19.5 Å². The first-order valence-corrected chi connectivity index (χ1v) is 3.68. The summed E-state index contributed by atoms with van der Waals surface area (Å²) in [5.41, 5.74) is 0.670. The van der Waals surface area contributed by atoms with Crippen molar-refractivity contribution in [2.75, 3.05) is 0 Å². The molecule has 0 aliphatic carbocycles. The maximum atomic E-state index is 12.2. The van der Waals surface area contributed by atoms with Crippen molar-refractivity contribution in [3.8, 4) is 0 Å². The molecule has 0 saturated heterocycles. The second-order valence-electron chi connectivity index (χ2n) is 2.32. The van der Waals surface area contributed by atoms with E-state index in [1.165, 1.54) is 30.5 Å². The van der Waals surface area contributed by atoms with Gasteiger partial charge in [0, 0.05) is 6.92 Å². The van der Waals surface area contributed by atoms with Crippen LogP contribution in [0.2, 0.25) is 0 Å². The molecule has 2 N–H and O–H groups in total. The summed E-state index contributed by atoms with van der Waals surface area (Å²) in [4.78, 5) is 9.00. The van der Waals surface area contributed by atoms with Crippen molar-refractivity contribution in [1.82, 2.24) is 0 Å². The number of oxime groups is 1. The number of carboxylic acids is 1. The highest BCUT2D eigenvalue weighted by Crippen LogP contribution is 1.99. The SMILES string of the molecule is CC(=O)O.ON=Cc1ccc(F)cc1. The van der Waals surface area contributed by atoms with Gasteiger partial charge < -0.3 is 10.3 Å². The highest BCUT2D eigenvalue weighted by atomic mass is 19.1. The average Bonchev–Trinajstić information content (AvgIpc) is 2.08. The summed E-state index contributed by atoms with van der Waals surface area (Å²) in [5.74, 6) is -1.13. The van der Waals surface area contributed by atoms with E-state index in [1.54, 1.807) is 0 Å². The van der Waals surface area contributed by atoms with Gasteiger partial charge in [0.25, 0.3) is 5.97 Å². The zero-order valence-electron chi connectivity index (χ0n) is 7.51. The molecule has 0 bridgehead atoms. The lowest BCUT2D eigenvalue weighted by Gasteiger charge is -1.88. The maximum absolute atomic E-state index is 12.2.